The van der Waals surface area contributed by atoms with E-state index in [0.29, 0.717) is 16.3 Å². The van der Waals surface area contributed by atoms with E-state index in [1.54, 1.807) is 45.9 Å². The summed E-state index contributed by atoms with van der Waals surface area (Å²) in [5.41, 5.74) is 2.99. The van der Waals surface area contributed by atoms with Gasteiger partial charge in [0.15, 0.2) is 0 Å². The lowest BCUT2D eigenvalue weighted by Gasteiger charge is -2.34. The molecular weight excluding hydrogens is 478 g/mol. The van der Waals surface area contributed by atoms with E-state index < -0.39 is 35.6 Å². The molecule has 0 aliphatic heterocycles. The van der Waals surface area contributed by atoms with E-state index in [4.69, 9.17) is 16.3 Å². The Bertz CT molecular complexity index is 1120. The van der Waals surface area contributed by atoms with Crippen molar-refractivity contribution in [3.05, 3.63) is 76.3 Å². The predicted octanol–water partition coefficient (Wildman–Crippen LogP) is 5.87. The van der Waals surface area contributed by atoms with Gasteiger partial charge in [0.25, 0.3) is 5.91 Å². The Hall–Kier alpha value is -3.32. The van der Waals surface area contributed by atoms with Crippen LogP contribution in [0.4, 0.5) is 10.5 Å². The summed E-state index contributed by atoms with van der Waals surface area (Å²) in [5, 5.41) is 5.89. The van der Waals surface area contributed by atoms with Gasteiger partial charge in [-0.1, -0.05) is 53.6 Å². The first-order valence-corrected chi connectivity index (χ1v) is 12.2. The molecule has 8 heteroatoms. The highest BCUT2D eigenvalue weighted by Gasteiger charge is 2.35. The zero-order chi connectivity index (χ0) is 27.2. The Morgan fingerprint density at radius 1 is 1.11 bits per heavy atom. The van der Waals surface area contributed by atoms with Crippen molar-refractivity contribution in [2.45, 2.75) is 66.2 Å². The lowest BCUT2D eigenvalue weighted by molar-refractivity contribution is -0.139. The number of carbonyl (C=O) groups excluding carboxylic acids is 3. The van der Waals surface area contributed by atoms with Crippen LogP contribution >= 0.6 is 11.6 Å². The lowest BCUT2D eigenvalue weighted by Crippen LogP contribution is -2.51. The zero-order valence-corrected chi connectivity index (χ0v) is 22.8. The van der Waals surface area contributed by atoms with Gasteiger partial charge in [-0.3, -0.25) is 9.59 Å². The SMILES string of the molecule is C=CCN(C(=O)C(C)NC(=O)OC(C)(C)C)C(C(=O)Nc1c(C)cccc1Cl)c1cc(C)ccc1C. The number of benzene rings is 2. The second-order valence-corrected chi connectivity index (χ2v) is 10.2. The Labute approximate surface area is 218 Å². The van der Waals surface area contributed by atoms with Crippen LogP contribution in [0.25, 0.3) is 0 Å². The van der Waals surface area contributed by atoms with Crippen LogP contribution in [-0.4, -0.2) is 41.0 Å². The predicted molar refractivity (Wildman–Crippen MR) is 144 cm³/mol. The number of alkyl carbamates (subject to hydrolysis) is 1. The maximum Gasteiger partial charge on any atom is 0.408 e. The second kappa shape index (κ2) is 12.1. The van der Waals surface area contributed by atoms with E-state index in [0.717, 1.165) is 16.7 Å². The van der Waals surface area contributed by atoms with Gasteiger partial charge in [-0.25, -0.2) is 4.79 Å². The molecule has 0 aliphatic rings. The Balaban J connectivity index is 2.51. The summed E-state index contributed by atoms with van der Waals surface area (Å²) in [5.74, 6) is -0.891. The van der Waals surface area contributed by atoms with Gasteiger partial charge in [-0.05, 0) is 71.2 Å². The largest absolute Gasteiger partial charge is 0.444 e. The van der Waals surface area contributed by atoms with Crippen LogP contribution in [0, 0.1) is 20.8 Å². The van der Waals surface area contributed by atoms with Crippen molar-refractivity contribution in [1.29, 1.82) is 0 Å². The summed E-state index contributed by atoms with van der Waals surface area (Å²) in [6.45, 7) is 16.3. The van der Waals surface area contributed by atoms with E-state index in [9.17, 15) is 14.4 Å². The number of halogens is 1. The molecule has 0 fully saturated rings. The third kappa shape index (κ3) is 7.59. The molecule has 0 spiro atoms. The van der Waals surface area contributed by atoms with Crippen molar-refractivity contribution < 1.29 is 19.1 Å². The van der Waals surface area contributed by atoms with E-state index >= 15 is 0 Å². The minimum atomic E-state index is -1.01. The molecule has 0 saturated carbocycles. The van der Waals surface area contributed by atoms with Gasteiger partial charge < -0.3 is 20.3 Å². The summed E-state index contributed by atoms with van der Waals surface area (Å²) >= 11 is 6.37. The van der Waals surface area contributed by atoms with E-state index in [1.165, 1.54) is 4.90 Å². The number of aryl methyl sites for hydroxylation is 3. The van der Waals surface area contributed by atoms with Gasteiger partial charge >= 0.3 is 6.09 Å². The standard InChI is InChI=1S/C28H36ClN3O4/c1-9-15-32(26(34)20(5)30-27(35)36-28(6,7)8)24(21-16-17(2)13-14-18(21)3)25(33)31-23-19(4)11-10-12-22(23)29/h9-14,16,20,24H,1,15H2,2-8H3,(H,30,35)(H,31,33). The summed E-state index contributed by atoms with van der Waals surface area (Å²) in [6, 6.07) is 9.10. The molecule has 0 radical (unpaired) electrons. The summed E-state index contributed by atoms with van der Waals surface area (Å²) in [7, 11) is 0. The highest BCUT2D eigenvalue weighted by Crippen LogP contribution is 2.31. The number of rotatable bonds is 8. The van der Waals surface area contributed by atoms with Gasteiger partial charge in [0.2, 0.25) is 5.91 Å². The van der Waals surface area contributed by atoms with Crippen LogP contribution in [-0.2, 0) is 14.3 Å². The average Bonchev–Trinajstić information content (AvgIpc) is 2.76. The molecule has 194 valence electrons. The minimum Gasteiger partial charge on any atom is -0.444 e. The number of para-hydroxylation sites is 1. The molecule has 7 nitrogen and oxygen atoms in total. The highest BCUT2D eigenvalue weighted by atomic mass is 35.5. The van der Waals surface area contributed by atoms with Crippen LogP contribution in [0.1, 0.15) is 56.0 Å². The molecule has 36 heavy (non-hydrogen) atoms. The molecule has 0 heterocycles. The van der Waals surface area contributed by atoms with Crippen LogP contribution in [0.5, 0.6) is 0 Å². The molecule has 0 aromatic heterocycles. The first-order valence-electron chi connectivity index (χ1n) is 11.8. The number of amides is 3. The fourth-order valence-electron chi connectivity index (χ4n) is 3.74. The highest BCUT2D eigenvalue weighted by molar-refractivity contribution is 6.34. The number of nitrogens with one attached hydrogen (secondary N) is 2. The van der Waals surface area contributed by atoms with Crippen molar-refractivity contribution in [2.24, 2.45) is 0 Å². The maximum absolute atomic E-state index is 13.8. The van der Waals surface area contributed by atoms with Crippen molar-refractivity contribution >= 4 is 35.2 Å². The molecule has 0 aliphatic carbocycles. The molecule has 3 amide bonds. The Morgan fingerprint density at radius 3 is 2.36 bits per heavy atom. The summed E-state index contributed by atoms with van der Waals surface area (Å²) < 4.78 is 5.30. The molecule has 0 saturated heterocycles. The second-order valence-electron chi connectivity index (χ2n) is 9.83. The number of carbonyl (C=O) groups is 3. The van der Waals surface area contributed by atoms with Crippen LogP contribution in [0.3, 0.4) is 0 Å². The lowest BCUT2D eigenvalue weighted by atomic mass is 9.96. The molecular formula is C28H36ClN3O4. The van der Waals surface area contributed by atoms with Gasteiger partial charge in [0, 0.05) is 6.54 Å². The summed E-state index contributed by atoms with van der Waals surface area (Å²) in [6.07, 6.45) is 0.825. The fraction of sp³-hybridized carbons (Fsp3) is 0.393. The van der Waals surface area contributed by atoms with Crippen molar-refractivity contribution in [2.75, 3.05) is 11.9 Å². The minimum absolute atomic E-state index is 0.0755. The number of hydrogen-bond acceptors (Lipinski definition) is 4. The molecule has 2 N–H and O–H groups in total. The van der Waals surface area contributed by atoms with Gasteiger partial charge in [-0.2, -0.15) is 0 Å². The Kier molecular flexibility index (Phi) is 9.70. The third-order valence-electron chi connectivity index (χ3n) is 5.47. The van der Waals surface area contributed by atoms with Crippen molar-refractivity contribution in [3.8, 4) is 0 Å². The molecule has 0 bridgehead atoms. The number of nitrogens with zero attached hydrogens (tertiary/aromatic N) is 1. The number of hydrogen-bond donors (Lipinski definition) is 2. The molecule has 2 rings (SSSR count). The van der Waals surface area contributed by atoms with E-state index in [1.807, 2.05) is 45.0 Å². The monoisotopic (exact) mass is 513 g/mol. The molecule has 2 aromatic carbocycles. The van der Waals surface area contributed by atoms with Crippen LogP contribution in [0.15, 0.2) is 49.1 Å². The van der Waals surface area contributed by atoms with Gasteiger partial charge in [0.1, 0.15) is 17.7 Å². The zero-order valence-electron chi connectivity index (χ0n) is 22.1. The van der Waals surface area contributed by atoms with E-state index in [-0.39, 0.29) is 6.54 Å². The van der Waals surface area contributed by atoms with Crippen LogP contribution in [0.2, 0.25) is 5.02 Å². The Morgan fingerprint density at radius 2 is 1.78 bits per heavy atom. The third-order valence-corrected chi connectivity index (χ3v) is 5.79. The van der Waals surface area contributed by atoms with Crippen LogP contribution < -0.4 is 10.6 Å². The maximum atomic E-state index is 13.8. The molecule has 2 aromatic rings. The topological polar surface area (TPSA) is 87.7 Å². The average molecular weight is 514 g/mol. The quantitative estimate of drug-likeness (QED) is 0.432. The summed E-state index contributed by atoms with van der Waals surface area (Å²) in [4.78, 5) is 41.2. The normalized spacial score (nSPS) is 12.8. The molecule has 2 atom stereocenters. The number of ether oxygens (including phenoxy) is 1. The molecule has 2 unspecified atom stereocenters. The first kappa shape index (κ1) is 28.9. The fourth-order valence-corrected chi connectivity index (χ4v) is 4.01. The van der Waals surface area contributed by atoms with Crippen molar-refractivity contribution in [1.82, 2.24) is 10.2 Å². The van der Waals surface area contributed by atoms with Gasteiger partial charge in [0.05, 0.1) is 10.7 Å². The number of anilines is 1. The van der Waals surface area contributed by atoms with Gasteiger partial charge in [-0.15, -0.1) is 6.58 Å². The first-order chi connectivity index (χ1) is 16.7. The van der Waals surface area contributed by atoms with E-state index in [2.05, 4.69) is 17.2 Å². The van der Waals surface area contributed by atoms with Crippen molar-refractivity contribution in [3.63, 3.8) is 0 Å². The smallest absolute Gasteiger partial charge is 0.408 e.